The van der Waals surface area contributed by atoms with E-state index in [9.17, 15) is 14.4 Å². The summed E-state index contributed by atoms with van der Waals surface area (Å²) in [5.74, 6) is -1.70. The zero-order valence-electron chi connectivity index (χ0n) is 9.32. The SMILES string of the molecule is CC(=O)ONC(=O)CCCCCCC(=O)O. The van der Waals surface area contributed by atoms with E-state index in [0.717, 1.165) is 12.8 Å². The first-order valence-corrected chi connectivity index (χ1v) is 5.20. The third-order valence-electron chi connectivity index (χ3n) is 1.85. The molecule has 6 heteroatoms. The van der Waals surface area contributed by atoms with Crippen LogP contribution in [-0.2, 0) is 19.2 Å². The molecular formula is C10H17NO5. The number of hydrogen-bond acceptors (Lipinski definition) is 4. The molecule has 16 heavy (non-hydrogen) atoms. The summed E-state index contributed by atoms with van der Waals surface area (Å²) in [5, 5.41) is 8.37. The monoisotopic (exact) mass is 231 g/mol. The van der Waals surface area contributed by atoms with Gasteiger partial charge in [0.15, 0.2) is 0 Å². The van der Waals surface area contributed by atoms with E-state index in [1.807, 2.05) is 5.48 Å². The van der Waals surface area contributed by atoms with Gasteiger partial charge < -0.3 is 9.94 Å². The first-order chi connectivity index (χ1) is 7.52. The molecule has 0 aliphatic rings. The fraction of sp³-hybridized carbons (Fsp3) is 0.700. The van der Waals surface area contributed by atoms with Crippen molar-refractivity contribution in [2.24, 2.45) is 0 Å². The Morgan fingerprint density at radius 1 is 1.06 bits per heavy atom. The molecule has 2 N–H and O–H groups in total. The van der Waals surface area contributed by atoms with Crippen LogP contribution in [0.5, 0.6) is 0 Å². The van der Waals surface area contributed by atoms with E-state index in [-0.39, 0.29) is 18.7 Å². The summed E-state index contributed by atoms with van der Waals surface area (Å²) < 4.78 is 0. The highest BCUT2D eigenvalue weighted by Gasteiger charge is 2.03. The second kappa shape index (κ2) is 8.70. The molecule has 0 radical (unpaired) electrons. The Bertz CT molecular complexity index is 252. The number of carbonyl (C=O) groups is 3. The number of hydrogen-bond donors (Lipinski definition) is 2. The minimum absolute atomic E-state index is 0.166. The molecule has 0 atom stereocenters. The van der Waals surface area contributed by atoms with Crippen LogP contribution in [0.25, 0.3) is 0 Å². The minimum Gasteiger partial charge on any atom is -0.481 e. The lowest BCUT2D eigenvalue weighted by molar-refractivity contribution is -0.156. The third kappa shape index (κ3) is 10.5. The number of unbranched alkanes of at least 4 members (excludes halogenated alkanes) is 3. The normalized spacial score (nSPS) is 9.56. The number of aliphatic carboxylic acids is 1. The second-order valence-electron chi connectivity index (χ2n) is 3.43. The predicted octanol–water partition coefficient (Wildman–Crippen LogP) is 1.01. The highest BCUT2D eigenvalue weighted by Crippen LogP contribution is 2.05. The van der Waals surface area contributed by atoms with Gasteiger partial charge in [-0.05, 0) is 12.8 Å². The summed E-state index contributed by atoms with van der Waals surface area (Å²) in [7, 11) is 0. The molecule has 0 aromatic heterocycles. The summed E-state index contributed by atoms with van der Waals surface area (Å²) >= 11 is 0. The topological polar surface area (TPSA) is 92.7 Å². The average Bonchev–Trinajstić information content (AvgIpc) is 2.19. The van der Waals surface area contributed by atoms with Gasteiger partial charge in [0.05, 0.1) is 0 Å². The van der Waals surface area contributed by atoms with E-state index in [2.05, 4.69) is 4.84 Å². The molecule has 0 saturated heterocycles. The Kier molecular flexibility index (Phi) is 7.83. The average molecular weight is 231 g/mol. The van der Waals surface area contributed by atoms with Gasteiger partial charge in [-0.3, -0.25) is 14.4 Å². The highest BCUT2D eigenvalue weighted by atomic mass is 16.7. The quantitative estimate of drug-likeness (QED) is 0.503. The molecule has 92 valence electrons. The van der Waals surface area contributed by atoms with Crippen LogP contribution in [0, 0.1) is 0 Å². The van der Waals surface area contributed by atoms with Crippen molar-refractivity contribution in [3.8, 4) is 0 Å². The van der Waals surface area contributed by atoms with Crippen molar-refractivity contribution in [1.29, 1.82) is 0 Å². The molecule has 0 aliphatic carbocycles. The summed E-state index contributed by atoms with van der Waals surface area (Å²) in [5.41, 5.74) is 2.01. The van der Waals surface area contributed by atoms with Crippen LogP contribution < -0.4 is 5.48 Å². The number of amides is 1. The van der Waals surface area contributed by atoms with Gasteiger partial charge in [-0.1, -0.05) is 12.8 Å². The summed E-state index contributed by atoms with van der Waals surface area (Å²) in [6, 6.07) is 0. The number of hydroxylamine groups is 1. The van der Waals surface area contributed by atoms with Crippen LogP contribution in [0.1, 0.15) is 45.4 Å². The van der Waals surface area contributed by atoms with E-state index in [4.69, 9.17) is 5.11 Å². The Balaban J connectivity index is 3.27. The maximum atomic E-state index is 11.0. The van der Waals surface area contributed by atoms with E-state index >= 15 is 0 Å². The predicted molar refractivity (Wildman–Crippen MR) is 55.2 cm³/mol. The Morgan fingerprint density at radius 2 is 1.62 bits per heavy atom. The summed E-state index contributed by atoms with van der Waals surface area (Å²) in [6.45, 7) is 1.20. The lowest BCUT2D eigenvalue weighted by atomic mass is 10.1. The van der Waals surface area contributed by atoms with Crippen LogP contribution in [-0.4, -0.2) is 23.0 Å². The zero-order valence-corrected chi connectivity index (χ0v) is 9.32. The first-order valence-electron chi connectivity index (χ1n) is 5.20. The maximum Gasteiger partial charge on any atom is 0.329 e. The fourth-order valence-electron chi connectivity index (χ4n) is 1.10. The molecule has 0 unspecified atom stereocenters. The fourth-order valence-corrected chi connectivity index (χ4v) is 1.10. The van der Waals surface area contributed by atoms with Crippen molar-refractivity contribution in [3.63, 3.8) is 0 Å². The molecule has 6 nitrogen and oxygen atoms in total. The van der Waals surface area contributed by atoms with Gasteiger partial charge in [-0.25, -0.2) is 0 Å². The van der Waals surface area contributed by atoms with Gasteiger partial charge in [0.1, 0.15) is 0 Å². The van der Waals surface area contributed by atoms with Crippen molar-refractivity contribution < 1.29 is 24.3 Å². The minimum atomic E-state index is -0.799. The third-order valence-corrected chi connectivity index (χ3v) is 1.85. The van der Waals surface area contributed by atoms with Crippen molar-refractivity contribution in [2.75, 3.05) is 0 Å². The lowest BCUT2D eigenvalue weighted by Crippen LogP contribution is -2.25. The summed E-state index contributed by atoms with van der Waals surface area (Å²) in [4.78, 5) is 35.8. The molecule has 0 rings (SSSR count). The van der Waals surface area contributed by atoms with Crippen LogP contribution in [0.4, 0.5) is 0 Å². The number of rotatable bonds is 7. The number of carbonyl (C=O) groups excluding carboxylic acids is 2. The van der Waals surface area contributed by atoms with E-state index in [0.29, 0.717) is 12.8 Å². The van der Waals surface area contributed by atoms with E-state index < -0.39 is 11.9 Å². The van der Waals surface area contributed by atoms with Crippen molar-refractivity contribution >= 4 is 17.8 Å². The van der Waals surface area contributed by atoms with Gasteiger partial charge in [-0.2, -0.15) is 5.48 Å². The molecule has 0 spiro atoms. The van der Waals surface area contributed by atoms with Crippen LogP contribution in [0.3, 0.4) is 0 Å². The highest BCUT2D eigenvalue weighted by molar-refractivity contribution is 5.77. The van der Waals surface area contributed by atoms with E-state index in [1.54, 1.807) is 0 Å². The first kappa shape index (κ1) is 14.4. The molecule has 0 aromatic rings. The lowest BCUT2D eigenvalue weighted by Gasteiger charge is -2.03. The number of carboxylic acids is 1. The van der Waals surface area contributed by atoms with E-state index in [1.165, 1.54) is 6.92 Å². The van der Waals surface area contributed by atoms with Gasteiger partial charge in [0.25, 0.3) is 5.91 Å². The van der Waals surface area contributed by atoms with Crippen LogP contribution >= 0.6 is 0 Å². The van der Waals surface area contributed by atoms with Crippen LogP contribution in [0.2, 0.25) is 0 Å². The molecule has 0 fully saturated rings. The molecule has 0 aromatic carbocycles. The molecule has 0 saturated carbocycles. The molecular weight excluding hydrogens is 214 g/mol. The van der Waals surface area contributed by atoms with Crippen molar-refractivity contribution in [2.45, 2.75) is 45.4 Å². The molecule has 1 amide bonds. The summed E-state index contributed by atoms with van der Waals surface area (Å²) in [6.07, 6.45) is 3.31. The van der Waals surface area contributed by atoms with Crippen LogP contribution in [0.15, 0.2) is 0 Å². The number of carboxylic acid groups (broad SMARTS) is 1. The van der Waals surface area contributed by atoms with Gasteiger partial charge >= 0.3 is 11.9 Å². The maximum absolute atomic E-state index is 11.0. The smallest absolute Gasteiger partial charge is 0.329 e. The molecule has 0 heterocycles. The Hall–Kier alpha value is -1.59. The largest absolute Gasteiger partial charge is 0.481 e. The Labute approximate surface area is 93.9 Å². The Morgan fingerprint density at radius 3 is 2.12 bits per heavy atom. The van der Waals surface area contributed by atoms with Gasteiger partial charge in [0.2, 0.25) is 0 Å². The second-order valence-corrected chi connectivity index (χ2v) is 3.43. The standard InChI is InChI=1S/C10H17NO5/c1-8(12)16-11-9(13)6-4-2-3-5-7-10(14)15/h2-7H2,1H3,(H,11,13)(H,14,15). The number of nitrogens with one attached hydrogen (secondary N) is 1. The van der Waals surface area contributed by atoms with Crippen molar-refractivity contribution in [3.05, 3.63) is 0 Å². The van der Waals surface area contributed by atoms with Gasteiger partial charge in [0, 0.05) is 19.8 Å². The molecule has 0 bridgehead atoms. The van der Waals surface area contributed by atoms with Crippen molar-refractivity contribution in [1.82, 2.24) is 5.48 Å². The zero-order chi connectivity index (χ0) is 12.4. The molecule has 0 aliphatic heterocycles. The van der Waals surface area contributed by atoms with Gasteiger partial charge in [-0.15, -0.1) is 0 Å².